The van der Waals surface area contributed by atoms with Crippen molar-refractivity contribution in [2.45, 2.75) is 57.6 Å². The number of nitrogens with zero attached hydrogens (tertiary/aromatic N) is 1. The summed E-state index contributed by atoms with van der Waals surface area (Å²) in [5.74, 6) is 1.09. The molecule has 1 aliphatic heterocycles. The molecule has 0 bridgehead atoms. The zero-order valence-corrected chi connectivity index (χ0v) is 16.3. The minimum absolute atomic E-state index is 0.161. The monoisotopic (exact) mass is 372 g/mol. The lowest BCUT2D eigenvalue weighted by atomic mass is 9.88. The lowest BCUT2D eigenvalue weighted by Crippen LogP contribution is -2.40. The number of hydrogen-bond acceptors (Lipinski definition) is 3. The molecule has 1 aromatic carbocycles. The first kappa shape index (κ1) is 19.7. The molecule has 27 heavy (non-hydrogen) atoms. The van der Waals surface area contributed by atoms with E-state index in [9.17, 15) is 4.79 Å². The number of nitrogens with one attached hydrogen (secondary N) is 3. The van der Waals surface area contributed by atoms with Crippen LogP contribution in [0.5, 0.6) is 0 Å². The molecule has 3 N–H and O–H groups in total. The normalized spacial score (nSPS) is 21.1. The zero-order valence-electron chi connectivity index (χ0n) is 16.3. The maximum atomic E-state index is 12.4. The number of aliphatic imine (C=N–C) groups is 1. The van der Waals surface area contributed by atoms with Crippen molar-refractivity contribution in [3.05, 3.63) is 29.8 Å². The van der Waals surface area contributed by atoms with Gasteiger partial charge in [-0.3, -0.25) is 9.79 Å². The van der Waals surface area contributed by atoms with E-state index in [1.807, 2.05) is 18.2 Å². The van der Waals surface area contributed by atoms with Gasteiger partial charge in [-0.1, -0.05) is 31.4 Å². The summed E-state index contributed by atoms with van der Waals surface area (Å²) in [5.41, 5.74) is 1.98. The number of ether oxygens (including phenoxy) is 1. The molecule has 0 radical (unpaired) electrons. The summed E-state index contributed by atoms with van der Waals surface area (Å²) >= 11 is 0. The highest BCUT2D eigenvalue weighted by atomic mass is 16.5. The first-order valence-corrected chi connectivity index (χ1v) is 10.2. The molecule has 1 atom stereocenters. The number of anilines is 1. The van der Waals surface area contributed by atoms with Gasteiger partial charge in [-0.15, -0.1) is 0 Å². The van der Waals surface area contributed by atoms with Crippen LogP contribution in [0, 0.1) is 5.92 Å². The van der Waals surface area contributed by atoms with Crippen molar-refractivity contribution in [1.82, 2.24) is 10.6 Å². The molecular weight excluding hydrogens is 340 g/mol. The van der Waals surface area contributed by atoms with Crippen LogP contribution >= 0.6 is 0 Å². The van der Waals surface area contributed by atoms with Gasteiger partial charge < -0.3 is 20.7 Å². The number of carbonyl (C=O) groups is 1. The molecule has 1 aliphatic carbocycles. The van der Waals surface area contributed by atoms with Crippen LogP contribution in [0.3, 0.4) is 0 Å². The maximum Gasteiger partial charge on any atom is 0.227 e. The SMILES string of the molecule is CN=C(NCc1cccc(NC(=O)C2CCCCC2)c1)NCC1CCCO1. The minimum atomic E-state index is 0.161. The Morgan fingerprint density at radius 2 is 2.00 bits per heavy atom. The van der Waals surface area contributed by atoms with Crippen LogP contribution in [0.1, 0.15) is 50.5 Å². The Hall–Kier alpha value is -2.08. The number of hydrogen-bond donors (Lipinski definition) is 3. The zero-order chi connectivity index (χ0) is 18.9. The summed E-state index contributed by atoms with van der Waals surface area (Å²) in [5, 5.41) is 9.73. The van der Waals surface area contributed by atoms with E-state index in [4.69, 9.17) is 4.74 Å². The van der Waals surface area contributed by atoms with Crippen LogP contribution < -0.4 is 16.0 Å². The molecular formula is C21H32N4O2. The molecule has 1 amide bonds. The van der Waals surface area contributed by atoms with Gasteiger partial charge in [0.05, 0.1) is 6.10 Å². The Labute approximate surface area is 162 Å². The summed E-state index contributed by atoms with van der Waals surface area (Å²) in [6, 6.07) is 8.02. The number of benzene rings is 1. The van der Waals surface area contributed by atoms with Gasteiger partial charge in [-0.2, -0.15) is 0 Å². The Kier molecular flexibility index (Phi) is 7.51. The van der Waals surface area contributed by atoms with Crippen LogP contribution in [0.15, 0.2) is 29.3 Å². The van der Waals surface area contributed by atoms with Crippen LogP contribution in [0.25, 0.3) is 0 Å². The predicted octanol–water partition coefficient (Wildman–Crippen LogP) is 3.05. The van der Waals surface area contributed by atoms with Gasteiger partial charge in [-0.25, -0.2) is 0 Å². The second kappa shape index (κ2) is 10.3. The van der Waals surface area contributed by atoms with Gasteiger partial charge >= 0.3 is 0 Å². The summed E-state index contributed by atoms with van der Waals surface area (Å²) in [4.78, 5) is 16.7. The van der Waals surface area contributed by atoms with E-state index in [0.717, 1.165) is 56.0 Å². The summed E-state index contributed by atoms with van der Waals surface area (Å²) < 4.78 is 5.63. The number of amides is 1. The lowest BCUT2D eigenvalue weighted by molar-refractivity contribution is -0.120. The van der Waals surface area contributed by atoms with E-state index in [1.165, 1.54) is 19.3 Å². The van der Waals surface area contributed by atoms with Crippen molar-refractivity contribution in [1.29, 1.82) is 0 Å². The largest absolute Gasteiger partial charge is 0.376 e. The van der Waals surface area contributed by atoms with Gasteiger partial charge in [0, 0.05) is 38.3 Å². The molecule has 6 heteroatoms. The average Bonchev–Trinajstić information content (AvgIpc) is 3.23. The van der Waals surface area contributed by atoms with Gasteiger partial charge in [0.15, 0.2) is 5.96 Å². The number of carbonyl (C=O) groups excluding carboxylic acids is 1. The fourth-order valence-electron chi connectivity index (χ4n) is 3.79. The third-order valence-corrected chi connectivity index (χ3v) is 5.38. The molecule has 6 nitrogen and oxygen atoms in total. The molecule has 1 heterocycles. The van der Waals surface area contributed by atoms with E-state index in [0.29, 0.717) is 6.54 Å². The highest BCUT2D eigenvalue weighted by molar-refractivity contribution is 5.92. The van der Waals surface area contributed by atoms with Crippen LogP contribution in [0.4, 0.5) is 5.69 Å². The summed E-state index contributed by atoms with van der Waals surface area (Å²) in [6.45, 7) is 2.28. The Balaban J connectivity index is 1.46. The molecule has 148 valence electrons. The van der Waals surface area contributed by atoms with Crippen molar-refractivity contribution in [2.24, 2.45) is 10.9 Å². The van der Waals surface area contributed by atoms with E-state index >= 15 is 0 Å². The molecule has 1 aromatic rings. The highest BCUT2D eigenvalue weighted by Gasteiger charge is 2.21. The van der Waals surface area contributed by atoms with Crippen LogP contribution in [0.2, 0.25) is 0 Å². The van der Waals surface area contributed by atoms with Crippen LogP contribution in [-0.2, 0) is 16.1 Å². The maximum absolute atomic E-state index is 12.4. The van der Waals surface area contributed by atoms with Crippen molar-refractivity contribution in [3.63, 3.8) is 0 Å². The molecule has 1 unspecified atom stereocenters. The molecule has 2 aliphatic rings. The summed E-state index contributed by atoms with van der Waals surface area (Å²) in [7, 11) is 1.77. The van der Waals surface area contributed by atoms with Crippen molar-refractivity contribution >= 4 is 17.6 Å². The van der Waals surface area contributed by atoms with E-state index in [1.54, 1.807) is 7.05 Å². The third-order valence-electron chi connectivity index (χ3n) is 5.38. The second-order valence-electron chi connectivity index (χ2n) is 7.47. The Bertz CT molecular complexity index is 635. The van der Waals surface area contributed by atoms with E-state index < -0.39 is 0 Å². The van der Waals surface area contributed by atoms with E-state index in [2.05, 4.69) is 27.0 Å². The van der Waals surface area contributed by atoms with Crippen LogP contribution in [-0.4, -0.2) is 38.2 Å². The smallest absolute Gasteiger partial charge is 0.227 e. The molecule has 0 aromatic heterocycles. The molecule has 1 saturated heterocycles. The number of guanidine groups is 1. The molecule has 1 saturated carbocycles. The fraction of sp³-hybridized carbons (Fsp3) is 0.619. The first-order valence-electron chi connectivity index (χ1n) is 10.2. The lowest BCUT2D eigenvalue weighted by Gasteiger charge is -2.21. The Morgan fingerprint density at radius 3 is 2.74 bits per heavy atom. The quantitative estimate of drug-likeness (QED) is 0.530. The minimum Gasteiger partial charge on any atom is -0.376 e. The van der Waals surface area contributed by atoms with Gasteiger partial charge in [0.1, 0.15) is 0 Å². The Morgan fingerprint density at radius 1 is 1.15 bits per heavy atom. The molecule has 3 rings (SSSR count). The summed E-state index contributed by atoms with van der Waals surface area (Å²) in [6.07, 6.45) is 8.14. The van der Waals surface area contributed by atoms with E-state index in [-0.39, 0.29) is 17.9 Å². The molecule has 2 fully saturated rings. The van der Waals surface area contributed by atoms with Crippen molar-refractivity contribution < 1.29 is 9.53 Å². The highest BCUT2D eigenvalue weighted by Crippen LogP contribution is 2.25. The fourth-order valence-corrected chi connectivity index (χ4v) is 3.79. The van der Waals surface area contributed by atoms with Gasteiger partial charge in [-0.05, 0) is 43.4 Å². The third kappa shape index (κ3) is 6.24. The topological polar surface area (TPSA) is 74.8 Å². The predicted molar refractivity (Wildman–Crippen MR) is 109 cm³/mol. The van der Waals surface area contributed by atoms with Gasteiger partial charge in [0.25, 0.3) is 0 Å². The van der Waals surface area contributed by atoms with Crippen molar-refractivity contribution in [3.8, 4) is 0 Å². The van der Waals surface area contributed by atoms with Gasteiger partial charge in [0.2, 0.25) is 5.91 Å². The number of rotatable bonds is 6. The molecule has 0 spiro atoms. The standard InChI is InChI=1S/C21H32N4O2/c1-22-21(24-15-19-11-6-12-27-19)23-14-16-7-5-10-18(13-16)25-20(26)17-8-3-2-4-9-17/h5,7,10,13,17,19H,2-4,6,8-9,11-12,14-15H2,1H3,(H,25,26)(H2,22,23,24). The average molecular weight is 373 g/mol. The second-order valence-corrected chi connectivity index (χ2v) is 7.47. The van der Waals surface area contributed by atoms with Crippen molar-refractivity contribution in [2.75, 3.05) is 25.5 Å². The first-order chi connectivity index (χ1) is 13.2.